The summed E-state index contributed by atoms with van der Waals surface area (Å²) in [5, 5.41) is 1.26. The van der Waals surface area contributed by atoms with Crippen LogP contribution >= 0.6 is 0 Å². The molecule has 0 bridgehead atoms. The third-order valence-electron chi connectivity index (χ3n) is 5.02. The summed E-state index contributed by atoms with van der Waals surface area (Å²) in [5.41, 5.74) is 2.39. The number of methoxy groups -OCH3 is 1. The minimum absolute atomic E-state index is 0.209. The SMILES string of the molecule is CCOC(=O)[C@@H]1[C@H]2CCC[C@@]2(C(=O)OC)NN1C(=O)c1ccccc1. The maximum Gasteiger partial charge on any atom is 0.330 e. The first kappa shape index (κ1) is 17.4. The van der Waals surface area contributed by atoms with Gasteiger partial charge in [-0.3, -0.25) is 9.80 Å². The maximum atomic E-state index is 13.0. The van der Waals surface area contributed by atoms with Crippen molar-refractivity contribution in [1.82, 2.24) is 10.4 Å². The molecular weight excluding hydrogens is 324 g/mol. The third-order valence-corrected chi connectivity index (χ3v) is 5.02. The zero-order valence-electron chi connectivity index (χ0n) is 14.4. The van der Waals surface area contributed by atoms with Gasteiger partial charge in [0.05, 0.1) is 13.7 Å². The predicted molar refractivity (Wildman–Crippen MR) is 88.3 cm³/mol. The fourth-order valence-corrected chi connectivity index (χ4v) is 3.94. The molecular formula is C18H22N2O5. The van der Waals surface area contributed by atoms with Gasteiger partial charge in [-0.05, 0) is 31.9 Å². The van der Waals surface area contributed by atoms with Crippen molar-refractivity contribution in [2.45, 2.75) is 37.8 Å². The number of hydrazine groups is 1. The lowest BCUT2D eigenvalue weighted by Gasteiger charge is -2.26. The summed E-state index contributed by atoms with van der Waals surface area (Å²) < 4.78 is 10.2. The van der Waals surface area contributed by atoms with Crippen molar-refractivity contribution in [3.8, 4) is 0 Å². The van der Waals surface area contributed by atoms with Crippen molar-refractivity contribution >= 4 is 17.8 Å². The summed E-state index contributed by atoms with van der Waals surface area (Å²) in [4.78, 5) is 38.0. The molecule has 0 spiro atoms. The molecule has 1 amide bonds. The Kier molecular flexibility index (Phi) is 4.76. The highest BCUT2D eigenvalue weighted by Crippen LogP contribution is 2.45. The van der Waals surface area contributed by atoms with Crippen LogP contribution in [-0.2, 0) is 19.1 Å². The summed E-state index contributed by atoms with van der Waals surface area (Å²) in [7, 11) is 1.31. The van der Waals surface area contributed by atoms with Crippen molar-refractivity contribution in [3.05, 3.63) is 35.9 Å². The molecule has 1 saturated carbocycles. The first-order valence-electron chi connectivity index (χ1n) is 8.46. The number of benzene rings is 1. The second-order valence-corrected chi connectivity index (χ2v) is 6.31. The van der Waals surface area contributed by atoms with E-state index in [-0.39, 0.29) is 18.4 Å². The van der Waals surface area contributed by atoms with Gasteiger partial charge in [0.25, 0.3) is 5.91 Å². The van der Waals surface area contributed by atoms with Gasteiger partial charge in [-0.15, -0.1) is 0 Å². The second-order valence-electron chi connectivity index (χ2n) is 6.31. The lowest BCUT2D eigenvalue weighted by atomic mass is 9.84. The molecule has 1 aliphatic heterocycles. The topological polar surface area (TPSA) is 84.9 Å². The predicted octanol–water partition coefficient (Wildman–Crippen LogP) is 1.29. The molecule has 1 heterocycles. The van der Waals surface area contributed by atoms with E-state index in [2.05, 4.69) is 5.43 Å². The largest absolute Gasteiger partial charge is 0.468 e. The van der Waals surface area contributed by atoms with Crippen molar-refractivity contribution in [1.29, 1.82) is 0 Å². The number of amides is 1. The van der Waals surface area contributed by atoms with E-state index >= 15 is 0 Å². The van der Waals surface area contributed by atoms with Crippen molar-refractivity contribution in [3.63, 3.8) is 0 Å². The summed E-state index contributed by atoms with van der Waals surface area (Å²) in [5.74, 6) is -1.69. The molecule has 1 N–H and O–H groups in total. The zero-order chi connectivity index (χ0) is 18.0. The third kappa shape index (κ3) is 2.78. The zero-order valence-corrected chi connectivity index (χ0v) is 14.4. The standard InChI is InChI=1S/C18H22N2O5/c1-3-25-16(22)14-13-10-7-11-18(13,17(23)24-2)19-20(14)15(21)12-8-5-4-6-9-12/h4-6,8-9,13-14,19H,3,7,10-11H2,1-2H3/t13-,14+,18-/m1/s1. The number of carbonyl (C=O) groups is 3. The Balaban J connectivity index is 1.99. The molecule has 7 nitrogen and oxygen atoms in total. The average Bonchev–Trinajstić information content (AvgIpc) is 3.18. The van der Waals surface area contributed by atoms with Gasteiger partial charge >= 0.3 is 11.9 Å². The van der Waals surface area contributed by atoms with Crippen LogP contribution < -0.4 is 5.43 Å². The fraction of sp³-hybridized carbons (Fsp3) is 0.500. The molecule has 0 aromatic heterocycles. The Morgan fingerprint density at radius 1 is 1.28 bits per heavy atom. The smallest absolute Gasteiger partial charge is 0.330 e. The van der Waals surface area contributed by atoms with E-state index in [9.17, 15) is 14.4 Å². The van der Waals surface area contributed by atoms with Crippen LogP contribution in [0.3, 0.4) is 0 Å². The molecule has 2 aliphatic rings. The highest BCUT2D eigenvalue weighted by atomic mass is 16.5. The van der Waals surface area contributed by atoms with Gasteiger partial charge in [0.2, 0.25) is 0 Å². The molecule has 3 rings (SSSR count). The van der Waals surface area contributed by atoms with Gasteiger partial charge in [0.15, 0.2) is 6.04 Å². The normalized spacial score (nSPS) is 27.7. The second kappa shape index (κ2) is 6.84. The molecule has 3 atom stereocenters. The molecule has 2 fully saturated rings. The number of hydrogen-bond donors (Lipinski definition) is 1. The molecule has 1 aliphatic carbocycles. The summed E-state index contributed by atoms with van der Waals surface area (Å²) in [6, 6.07) is 7.80. The summed E-state index contributed by atoms with van der Waals surface area (Å²) in [6.07, 6.45) is 1.93. The van der Waals surface area contributed by atoms with Crippen molar-refractivity contribution in [2.75, 3.05) is 13.7 Å². The highest BCUT2D eigenvalue weighted by molar-refractivity contribution is 5.98. The van der Waals surface area contributed by atoms with E-state index in [0.29, 0.717) is 18.4 Å². The average molecular weight is 346 g/mol. The van der Waals surface area contributed by atoms with E-state index < -0.39 is 23.5 Å². The van der Waals surface area contributed by atoms with Gasteiger partial charge in [0, 0.05) is 11.5 Å². The van der Waals surface area contributed by atoms with Gasteiger partial charge in [0.1, 0.15) is 5.54 Å². The van der Waals surface area contributed by atoms with Crippen LogP contribution in [0.15, 0.2) is 30.3 Å². The number of nitrogens with one attached hydrogen (secondary N) is 1. The number of ether oxygens (including phenoxy) is 2. The Morgan fingerprint density at radius 3 is 2.64 bits per heavy atom. The van der Waals surface area contributed by atoms with Gasteiger partial charge in [-0.2, -0.15) is 0 Å². The minimum Gasteiger partial charge on any atom is -0.468 e. The van der Waals surface area contributed by atoms with Crippen LogP contribution in [0.2, 0.25) is 0 Å². The summed E-state index contributed by atoms with van der Waals surface area (Å²) in [6.45, 7) is 1.92. The number of carbonyl (C=O) groups excluding carboxylic acids is 3. The fourth-order valence-electron chi connectivity index (χ4n) is 3.94. The van der Waals surface area contributed by atoms with Gasteiger partial charge in [-0.25, -0.2) is 15.0 Å². The summed E-state index contributed by atoms with van der Waals surface area (Å²) >= 11 is 0. The Bertz CT molecular complexity index is 677. The Morgan fingerprint density at radius 2 is 2.00 bits per heavy atom. The number of nitrogens with zero attached hydrogens (tertiary/aromatic N) is 1. The molecule has 134 valence electrons. The van der Waals surface area contributed by atoms with Crippen LogP contribution in [0, 0.1) is 5.92 Å². The van der Waals surface area contributed by atoms with Crippen molar-refractivity contribution in [2.24, 2.45) is 5.92 Å². The molecule has 7 heteroatoms. The van der Waals surface area contributed by atoms with Crippen LogP contribution in [-0.4, -0.2) is 48.2 Å². The highest BCUT2D eigenvalue weighted by Gasteiger charge is 2.63. The first-order valence-corrected chi connectivity index (χ1v) is 8.46. The number of fused-ring (bicyclic) bond motifs is 1. The van der Waals surface area contributed by atoms with Gasteiger partial charge in [-0.1, -0.05) is 24.6 Å². The van der Waals surface area contributed by atoms with Crippen LogP contribution in [0.25, 0.3) is 0 Å². The molecule has 0 unspecified atom stereocenters. The quantitative estimate of drug-likeness (QED) is 0.827. The van der Waals surface area contributed by atoms with Crippen LogP contribution in [0.1, 0.15) is 36.5 Å². The van der Waals surface area contributed by atoms with E-state index in [1.165, 1.54) is 12.1 Å². The van der Waals surface area contributed by atoms with E-state index in [0.717, 1.165) is 6.42 Å². The number of hydrogen-bond acceptors (Lipinski definition) is 6. The van der Waals surface area contributed by atoms with Crippen LogP contribution in [0.5, 0.6) is 0 Å². The van der Waals surface area contributed by atoms with Crippen molar-refractivity contribution < 1.29 is 23.9 Å². The molecule has 25 heavy (non-hydrogen) atoms. The van der Waals surface area contributed by atoms with Crippen LogP contribution in [0.4, 0.5) is 0 Å². The molecule has 0 radical (unpaired) electrons. The van der Waals surface area contributed by atoms with E-state index in [1.54, 1.807) is 31.2 Å². The van der Waals surface area contributed by atoms with E-state index in [1.807, 2.05) is 6.07 Å². The first-order chi connectivity index (χ1) is 12.0. The van der Waals surface area contributed by atoms with E-state index in [4.69, 9.17) is 9.47 Å². The number of rotatable bonds is 4. The maximum absolute atomic E-state index is 13.0. The lowest BCUT2D eigenvalue weighted by Crippen LogP contribution is -2.54. The Hall–Kier alpha value is -2.41. The minimum atomic E-state index is -1.06. The molecule has 1 saturated heterocycles. The Labute approximate surface area is 146 Å². The monoisotopic (exact) mass is 346 g/mol. The molecule has 1 aromatic carbocycles. The van der Waals surface area contributed by atoms with Gasteiger partial charge < -0.3 is 9.47 Å². The number of esters is 2. The lowest BCUT2D eigenvalue weighted by molar-refractivity contribution is -0.150. The molecule has 1 aromatic rings.